The van der Waals surface area contributed by atoms with Crippen LogP contribution in [0.15, 0.2) is 59.6 Å². The van der Waals surface area contributed by atoms with Crippen LogP contribution in [0.2, 0.25) is 5.02 Å². The van der Waals surface area contributed by atoms with E-state index in [0.29, 0.717) is 10.2 Å². The minimum atomic E-state index is 0.638. The summed E-state index contributed by atoms with van der Waals surface area (Å²) in [5, 5.41) is 10.4. The zero-order chi connectivity index (χ0) is 13.8. The molecule has 98 valence electrons. The Bertz CT molecular complexity index is 720. The molecule has 0 saturated carbocycles. The van der Waals surface area contributed by atoms with Crippen molar-refractivity contribution >= 4 is 34.3 Å². The molecule has 1 heterocycles. The van der Waals surface area contributed by atoms with E-state index in [1.807, 2.05) is 54.6 Å². The van der Waals surface area contributed by atoms with Gasteiger partial charge in [0.1, 0.15) is 5.01 Å². The summed E-state index contributed by atoms with van der Waals surface area (Å²) in [6.45, 7) is 0. The Balaban J connectivity index is 1.79. The van der Waals surface area contributed by atoms with Crippen molar-refractivity contribution in [2.75, 3.05) is 0 Å². The molecule has 0 amide bonds. The van der Waals surface area contributed by atoms with Gasteiger partial charge in [0.2, 0.25) is 5.13 Å². The summed E-state index contributed by atoms with van der Waals surface area (Å²) in [5.41, 5.74) is 2.03. The Kier molecular flexibility index (Phi) is 3.85. The molecule has 0 fully saturated rings. The summed E-state index contributed by atoms with van der Waals surface area (Å²) in [7, 11) is 0. The number of aliphatic imine (C=N–C) groups is 1. The maximum absolute atomic E-state index is 5.84. The van der Waals surface area contributed by atoms with Gasteiger partial charge in [0.15, 0.2) is 0 Å². The number of benzene rings is 2. The maximum Gasteiger partial charge on any atom is 0.231 e. The Morgan fingerprint density at radius 2 is 1.70 bits per heavy atom. The largest absolute Gasteiger partial charge is 0.231 e. The minimum Gasteiger partial charge on any atom is -0.226 e. The fourth-order valence-corrected chi connectivity index (χ4v) is 2.47. The van der Waals surface area contributed by atoms with Crippen LogP contribution in [0, 0.1) is 0 Å². The van der Waals surface area contributed by atoms with Gasteiger partial charge < -0.3 is 0 Å². The smallest absolute Gasteiger partial charge is 0.226 e. The van der Waals surface area contributed by atoms with E-state index < -0.39 is 0 Å². The van der Waals surface area contributed by atoms with Crippen LogP contribution in [0.3, 0.4) is 0 Å². The Morgan fingerprint density at radius 1 is 0.950 bits per heavy atom. The first-order valence-electron chi connectivity index (χ1n) is 6.00. The molecule has 0 saturated heterocycles. The van der Waals surface area contributed by atoms with E-state index in [0.717, 1.165) is 16.1 Å². The third-order valence-electron chi connectivity index (χ3n) is 2.63. The van der Waals surface area contributed by atoms with Gasteiger partial charge in [-0.25, -0.2) is 4.99 Å². The van der Waals surface area contributed by atoms with Crippen molar-refractivity contribution in [3.05, 3.63) is 65.2 Å². The number of aromatic nitrogens is 2. The molecule has 2 aromatic carbocycles. The Morgan fingerprint density at radius 3 is 2.45 bits per heavy atom. The third-order valence-corrected chi connectivity index (χ3v) is 3.76. The van der Waals surface area contributed by atoms with Crippen LogP contribution in [0.4, 0.5) is 5.13 Å². The van der Waals surface area contributed by atoms with Crippen molar-refractivity contribution < 1.29 is 0 Å². The second-order valence-electron chi connectivity index (χ2n) is 4.07. The molecule has 0 bridgehead atoms. The molecule has 0 aliphatic rings. The average Bonchev–Trinajstić information content (AvgIpc) is 2.97. The number of rotatable bonds is 3. The van der Waals surface area contributed by atoms with Gasteiger partial charge in [-0.3, -0.25) is 0 Å². The van der Waals surface area contributed by atoms with Crippen molar-refractivity contribution in [2.24, 2.45) is 4.99 Å². The molecule has 5 heteroatoms. The van der Waals surface area contributed by atoms with E-state index in [1.165, 1.54) is 11.3 Å². The number of hydrogen-bond donors (Lipinski definition) is 0. The van der Waals surface area contributed by atoms with Crippen molar-refractivity contribution in [3.63, 3.8) is 0 Å². The molecule has 0 radical (unpaired) electrons. The highest BCUT2D eigenvalue weighted by Crippen LogP contribution is 2.27. The Hall–Kier alpha value is -2.04. The molecule has 0 N–H and O–H groups in total. The average molecular weight is 300 g/mol. The van der Waals surface area contributed by atoms with E-state index in [1.54, 1.807) is 6.21 Å². The van der Waals surface area contributed by atoms with Crippen molar-refractivity contribution in [1.82, 2.24) is 10.2 Å². The lowest BCUT2D eigenvalue weighted by atomic mass is 10.2. The molecule has 3 aromatic rings. The topological polar surface area (TPSA) is 38.1 Å². The summed E-state index contributed by atoms with van der Waals surface area (Å²) in [6.07, 6.45) is 1.76. The van der Waals surface area contributed by atoms with Crippen LogP contribution < -0.4 is 0 Å². The molecule has 0 atom stereocenters. The zero-order valence-corrected chi connectivity index (χ0v) is 12.0. The molecule has 0 spiro atoms. The highest BCUT2D eigenvalue weighted by atomic mass is 35.5. The maximum atomic E-state index is 5.84. The first kappa shape index (κ1) is 13.0. The van der Waals surface area contributed by atoms with Gasteiger partial charge in [0.25, 0.3) is 0 Å². The summed E-state index contributed by atoms with van der Waals surface area (Å²) >= 11 is 7.30. The van der Waals surface area contributed by atoms with Gasteiger partial charge in [0, 0.05) is 16.8 Å². The first-order valence-corrected chi connectivity index (χ1v) is 7.19. The van der Waals surface area contributed by atoms with Crippen LogP contribution in [0.1, 0.15) is 5.56 Å². The lowest BCUT2D eigenvalue weighted by Gasteiger charge is -1.92. The van der Waals surface area contributed by atoms with Gasteiger partial charge in [-0.2, -0.15) is 0 Å². The predicted molar refractivity (Wildman–Crippen MR) is 84.1 cm³/mol. The summed E-state index contributed by atoms with van der Waals surface area (Å²) in [4.78, 5) is 4.33. The number of nitrogens with zero attached hydrogens (tertiary/aromatic N) is 3. The standard InChI is InChI=1S/C15H10ClN3S/c16-13-8-6-11(7-9-13)10-17-15-19-18-14(20-15)12-4-2-1-3-5-12/h1-10H/b17-10-. The molecule has 20 heavy (non-hydrogen) atoms. The monoisotopic (exact) mass is 299 g/mol. The van der Waals surface area contributed by atoms with Crippen LogP contribution in [-0.2, 0) is 0 Å². The molecule has 1 aromatic heterocycles. The number of hydrogen-bond acceptors (Lipinski definition) is 4. The lowest BCUT2D eigenvalue weighted by molar-refractivity contribution is 1.09. The van der Waals surface area contributed by atoms with Crippen molar-refractivity contribution in [2.45, 2.75) is 0 Å². The molecule has 3 rings (SSSR count). The van der Waals surface area contributed by atoms with E-state index in [9.17, 15) is 0 Å². The zero-order valence-electron chi connectivity index (χ0n) is 10.4. The van der Waals surface area contributed by atoms with Gasteiger partial charge in [-0.05, 0) is 17.7 Å². The fourth-order valence-electron chi connectivity index (χ4n) is 1.64. The van der Waals surface area contributed by atoms with E-state index in [2.05, 4.69) is 15.2 Å². The van der Waals surface area contributed by atoms with E-state index in [-0.39, 0.29) is 0 Å². The molecular formula is C15H10ClN3S. The predicted octanol–water partition coefficient (Wildman–Crippen LogP) is 4.61. The Labute approximate surface area is 125 Å². The third kappa shape index (κ3) is 3.10. The van der Waals surface area contributed by atoms with Crippen molar-refractivity contribution in [1.29, 1.82) is 0 Å². The van der Waals surface area contributed by atoms with Crippen LogP contribution in [0.25, 0.3) is 10.6 Å². The van der Waals surface area contributed by atoms with Gasteiger partial charge in [-0.15, -0.1) is 10.2 Å². The molecule has 0 aliphatic carbocycles. The fraction of sp³-hybridized carbons (Fsp3) is 0. The molecule has 0 aliphatic heterocycles. The minimum absolute atomic E-state index is 0.638. The molecule has 0 unspecified atom stereocenters. The second-order valence-corrected chi connectivity index (χ2v) is 5.46. The second kappa shape index (κ2) is 5.94. The quantitative estimate of drug-likeness (QED) is 0.662. The van der Waals surface area contributed by atoms with Crippen LogP contribution >= 0.6 is 22.9 Å². The van der Waals surface area contributed by atoms with Gasteiger partial charge in [0.05, 0.1) is 0 Å². The van der Waals surface area contributed by atoms with Crippen LogP contribution in [-0.4, -0.2) is 16.4 Å². The summed E-state index contributed by atoms with van der Waals surface area (Å²) in [5.74, 6) is 0. The molecular weight excluding hydrogens is 290 g/mol. The van der Waals surface area contributed by atoms with Gasteiger partial charge in [-0.1, -0.05) is 65.4 Å². The van der Waals surface area contributed by atoms with Crippen LogP contribution in [0.5, 0.6) is 0 Å². The normalized spacial score (nSPS) is 11.1. The van der Waals surface area contributed by atoms with Gasteiger partial charge >= 0.3 is 0 Å². The van der Waals surface area contributed by atoms with E-state index in [4.69, 9.17) is 11.6 Å². The summed E-state index contributed by atoms with van der Waals surface area (Å²) in [6, 6.07) is 17.4. The highest BCUT2D eigenvalue weighted by molar-refractivity contribution is 7.18. The molecule has 3 nitrogen and oxygen atoms in total. The first-order chi connectivity index (χ1) is 9.81. The number of halogens is 1. The lowest BCUT2D eigenvalue weighted by Crippen LogP contribution is -1.78. The SMILES string of the molecule is Clc1ccc(/C=N\c2nnc(-c3ccccc3)s2)cc1. The highest BCUT2D eigenvalue weighted by Gasteiger charge is 2.04. The van der Waals surface area contributed by atoms with Crippen molar-refractivity contribution in [3.8, 4) is 10.6 Å². The summed E-state index contributed by atoms with van der Waals surface area (Å²) < 4.78 is 0. The van der Waals surface area contributed by atoms with E-state index >= 15 is 0 Å².